The second-order valence-corrected chi connectivity index (χ2v) is 12.6. The van der Waals surface area contributed by atoms with Crippen LogP contribution in [0.25, 0.3) is 0 Å². The molecule has 2 aliphatic heterocycles. The number of benzene rings is 1. The summed E-state index contributed by atoms with van der Waals surface area (Å²) in [5.74, 6) is -0.629. The van der Waals surface area contributed by atoms with Crippen molar-refractivity contribution in [2.24, 2.45) is 0 Å². The number of rotatable bonds is 5. The van der Waals surface area contributed by atoms with Crippen LogP contribution in [0.3, 0.4) is 0 Å². The number of carbonyl (C=O) groups excluding carboxylic acids is 4. The van der Waals surface area contributed by atoms with Crippen molar-refractivity contribution in [1.29, 1.82) is 0 Å². The molecule has 2 unspecified atom stereocenters. The smallest absolute Gasteiger partial charge is 0.411 e. The van der Waals surface area contributed by atoms with Crippen LogP contribution in [-0.2, 0) is 19.1 Å². The summed E-state index contributed by atoms with van der Waals surface area (Å²) in [7, 11) is 0. The number of piperazine rings is 1. The Bertz CT molecular complexity index is 1110. The minimum Gasteiger partial charge on any atom is -0.444 e. The first kappa shape index (κ1) is 31.3. The lowest BCUT2D eigenvalue weighted by molar-refractivity contribution is -0.136. The van der Waals surface area contributed by atoms with Gasteiger partial charge in [-0.15, -0.1) is 0 Å². The van der Waals surface area contributed by atoms with Crippen LogP contribution in [0.5, 0.6) is 0 Å². The highest BCUT2D eigenvalue weighted by molar-refractivity contribution is 6.31. The van der Waals surface area contributed by atoms with Gasteiger partial charge >= 0.3 is 12.2 Å². The molecule has 0 bridgehead atoms. The van der Waals surface area contributed by atoms with Crippen LogP contribution >= 0.6 is 11.6 Å². The fourth-order valence-corrected chi connectivity index (χ4v) is 4.93. The second-order valence-electron chi connectivity index (χ2n) is 12.2. The van der Waals surface area contributed by atoms with Crippen LogP contribution in [0, 0.1) is 6.92 Å². The zero-order chi connectivity index (χ0) is 29.8. The Labute approximate surface area is 241 Å². The van der Waals surface area contributed by atoms with Gasteiger partial charge in [0.15, 0.2) is 0 Å². The maximum Gasteiger partial charge on any atom is 0.411 e. The number of hydrogen-bond acceptors (Lipinski definition) is 7. The number of halogens is 1. The third-order valence-electron chi connectivity index (χ3n) is 6.54. The number of alkyl carbamates (subject to hydrolysis) is 1. The molecule has 11 nitrogen and oxygen atoms in total. The van der Waals surface area contributed by atoms with Crippen LogP contribution in [0.1, 0.15) is 53.5 Å². The molecule has 2 saturated heterocycles. The molecular weight excluding hydrogens is 538 g/mol. The van der Waals surface area contributed by atoms with Crippen molar-refractivity contribution in [2.45, 2.75) is 78.2 Å². The molecule has 2 aliphatic rings. The van der Waals surface area contributed by atoms with Crippen LogP contribution < -0.4 is 15.5 Å². The van der Waals surface area contributed by atoms with Crippen molar-refractivity contribution in [1.82, 2.24) is 20.4 Å². The highest BCUT2D eigenvalue weighted by Gasteiger charge is 2.44. The van der Waals surface area contributed by atoms with Gasteiger partial charge in [0.2, 0.25) is 11.8 Å². The lowest BCUT2D eigenvalue weighted by atomic mass is 10.1. The Morgan fingerprint density at radius 1 is 0.975 bits per heavy atom. The van der Waals surface area contributed by atoms with E-state index in [-0.39, 0.29) is 25.4 Å². The summed E-state index contributed by atoms with van der Waals surface area (Å²) in [5.41, 5.74) is 0.602. The quantitative estimate of drug-likeness (QED) is 0.549. The molecule has 0 aromatic heterocycles. The Hall–Kier alpha value is -3.21. The van der Waals surface area contributed by atoms with Gasteiger partial charge < -0.3 is 29.9 Å². The van der Waals surface area contributed by atoms with E-state index in [0.29, 0.717) is 31.2 Å². The van der Waals surface area contributed by atoms with Gasteiger partial charge in [-0.1, -0.05) is 17.7 Å². The molecule has 0 radical (unpaired) electrons. The van der Waals surface area contributed by atoms with E-state index in [4.69, 9.17) is 21.1 Å². The van der Waals surface area contributed by atoms with Crippen molar-refractivity contribution in [2.75, 3.05) is 44.2 Å². The van der Waals surface area contributed by atoms with E-state index in [9.17, 15) is 19.2 Å². The third-order valence-corrected chi connectivity index (χ3v) is 6.95. The molecule has 3 rings (SSSR count). The number of carbonyl (C=O) groups is 4. The number of likely N-dealkylation sites (tertiary alicyclic amines) is 1. The largest absolute Gasteiger partial charge is 0.444 e. The van der Waals surface area contributed by atoms with Crippen molar-refractivity contribution < 1.29 is 28.7 Å². The second kappa shape index (κ2) is 12.5. The van der Waals surface area contributed by atoms with Crippen molar-refractivity contribution >= 4 is 41.3 Å². The molecule has 1 aromatic carbocycles. The van der Waals surface area contributed by atoms with Gasteiger partial charge in [0, 0.05) is 49.5 Å². The molecule has 1 aromatic rings. The molecule has 4 amide bonds. The normalized spacial score (nSPS) is 19.8. The van der Waals surface area contributed by atoms with Crippen LogP contribution in [0.4, 0.5) is 15.3 Å². The lowest BCUT2D eigenvalue weighted by Gasteiger charge is -2.39. The van der Waals surface area contributed by atoms with E-state index in [0.717, 1.165) is 11.3 Å². The monoisotopic (exact) mass is 579 g/mol. The molecule has 0 saturated carbocycles. The van der Waals surface area contributed by atoms with E-state index in [1.807, 2.05) is 25.1 Å². The number of ether oxygens (including phenoxy) is 2. The first-order valence-corrected chi connectivity index (χ1v) is 14.0. The summed E-state index contributed by atoms with van der Waals surface area (Å²) < 4.78 is 10.7. The average Bonchev–Trinajstić information content (AvgIpc) is 3.26. The summed E-state index contributed by atoms with van der Waals surface area (Å²) in [5, 5.41) is 5.94. The van der Waals surface area contributed by atoms with E-state index < -0.39 is 41.4 Å². The van der Waals surface area contributed by atoms with E-state index in [1.54, 1.807) is 46.4 Å². The highest BCUT2D eigenvalue weighted by Crippen LogP contribution is 2.28. The predicted molar refractivity (Wildman–Crippen MR) is 152 cm³/mol. The van der Waals surface area contributed by atoms with Gasteiger partial charge in [-0.25, -0.2) is 9.59 Å². The Kier molecular flexibility index (Phi) is 9.81. The number of nitrogens with one attached hydrogen (secondary N) is 2. The fraction of sp³-hybridized carbons (Fsp3) is 0.643. The standard InChI is InChI=1S/C28H42ClN5O6/c1-18-20(29)9-8-10-21(18)32-11-13-33(14-12-32)24(36)22-15-19(17-34(22)26(38)40-28(5,6)7)31-23(35)16-30-25(37)39-27(2,3)4/h8-10,19,22H,11-17H2,1-7H3,(H,30,37)(H,31,35). The number of amides is 4. The zero-order valence-corrected chi connectivity index (χ0v) is 25.3. The van der Waals surface area contributed by atoms with Crippen molar-refractivity contribution in [3.63, 3.8) is 0 Å². The Morgan fingerprint density at radius 2 is 1.60 bits per heavy atom. The summed E-state index contributed by atoms with van der Waals surface area (Å²) in [6.07, 6.45) is -1.07. The number of anilines is 1. The number of nitrogens with zero attached hydrogens (tertiary/aromatic N) is 3. The molecule has 2 heterocycles. The van der Waals surface area contributed by atoms with Crippen LogP contribution in [-0.4, -0.2) is 96.4 Å². The molecule has 2 N–H and O–H groups in total. The molecular formula is C28H42ClN5O6. The lowest BCUT2D eigenvalue weighted by Crippen LogP contribution is -2.55. The Balaban J connectivity index is 1.64. The van der Waals surface area contributed by atoms with Crippen molar-refractivity contribution in [3.8, 4) is 0 Å². The molecule has 0 aliphatic carbocycles. The van der Waals surface area contributed by atoms with Crippen LogP contribution in [0.15, 0.2) is 18.2 Å². The van der Waals surface area contributed by atoms with Gasteiger partial charge in [0.05, 0.1) is 0 Å². The van der Waals surface area contributed by atoms with Crippen LogP contribution in [0.2, 0.25) is 5.02 Å². The molecule has 222 valence electrons. The van der Waals surface area contributed by atoms with E-state index >= 15 is 0 Å². The predicted octanol–water partition coefficient (Wildman–Crippen LogP) is 3.32. The molecule has 40 heavy (non-hydrogen) atoms. The maximum absolute atomic E-state index is 13.7. The third kappa shape index (κ3) is 8.64. The fourth-order valence-electron chi connectivity index (χ4n) is 4.76. The van der Waals surface area contributed by atoms with Gasteiger partial charge in [-0.2, -0.15) is 0 Å². The van der Waals surface area contributed by atoms with Gasteiger partial charge in [-0.3, -0.25) is 14.5 Å². The molecule has 2 fully saturated rings. The Morgan fingerprint density at radius 3 is 2.20 bits per heavy atom. The summed E-state index contributed by atoms with van der Waals surface area (Å²) >= 11 is 6.30. The highest BCUT2D eigenvalue weighted by atomic mass is 35.5. The topological polar surface area (TPSA) is 121 Å². The summed E-state index contributed by atoms with van der Waals surface area (Å²) in [6.45, 7) is 14.5. The maximum atomic E-state index is 13.7. The number of hydrogen-bond donors (Lipinski definition) is 2. The summed E-state index contributed by atoms with van der Waals surface area (Å²) in [4.78, 5) is 56.5. The van der Waals surface area contributed by atoms with E-state index in [2.05, 4.69) is 15.5 Å². The van der Waals surface area contributed by atoms with Gasteiger partial charge in [-0.05, 0) is 72.6 Å². The zero-order valence-electron chi connectivity index (χ0n) is 24.5. The minimum atomic E-state index is -0.779. The van der Waals surface area contributed by atoms with E-state index in [1.165, 1.54) is 4.90 Å². The van der Waals surface area contributed by atoms with Crippen molar-refractivity contribution in [3.05, 3.63) is 28.8 Å². The first-order chi connectivity index (χ1) is 18.5. The average molecular weight is 580 g/mol. The van der Waals surface area contributed by atoms with Gasteiger partial charge in [0.25, 0.3) is 0 Å². The first-order valence-electron chi connectivity index (χ1n) is 13.6. The molecule has 12 heteroatoms. The summed E-state index contributed by atoms with van der Waals surface area (Å²) in [6, 6.07) is 4.53. The molecule has 2 atom stereocenters. The molecule has 0 spiro atoms. The minimum absolute atomic E-state index is 0.116. The SMILES string of the molecule is Cc1c(Cl)cccc1N1CCN(C(=O)C2CC(NC(=O)CNC(=O)OC(C)(C)C)CN2C(=O)OC(C)(C)C)CC1. The van der Waals surface area contributed by atoms with Gasteiger partial charge in [0.1, 0.15) is 23.8 Å².